The lowest BCUT2D eigenvalue weighted by Crippen LogP contribution is -2.57. The molecule has 0 bridgehead atoms. The number of aliphatic carboxylic acids is 1. The van der Waals surface area contributed by atoms with Gasteiger partial charge in [0.1, 0.15) is 36.9 Å². The average Bonchev–Trinajstić information content (AvgIpc) is 3.17. The highest BCUT2D eigenvalue weighted by molar-refractivity contribution is 5.98. The van der Waals surface area contributed by atoms with Crippen LogP contribution in [-0.4, -0.2) is 107 Å². The number of Topliss-reactive ketones (excluding diaryl/α,β-unsaturated/α-hetero) is 1. The maximum atomic E-state index is 14.1. The van der Waals surface area contributed by atoms with Gasteiger partial charge in [0.2, 0.25) is 35.4 Å². The number of carbonyl (C=O) groups is 10. The number of ketones is 1. The maximum Gasteiger partial charge on any atom is 0.408 e. The molecule has 1 aromatic rings. The van der Waals surface area contributed by atoms with Gasteiger partial charge in [-0.3, -0.25) is 43.2 Å². The first-order chi connectivity index (χ1) is 28.6. The first kappa shape index (κ1) is 51.1. The van der Waals surface area contributed by atoms with E-state index in [4.69, 9.17) is 20.3 Å². The van der Waals surface area contributed by atoms with E-state index in [0.717, 1.165) is 0 Å². The van der Waals surface area contributed by atoms with Crippen molar-refractivity contribution in [3.63, 3.8) is 0 Å². The third-order valence-corrected chi connectivity index (χ3v) is 9.51. The first-order valence-corrected chi connectivity index (χ1v) is 20.3. The second-order valence-electron chi connectivity index (χ2n) is 16.2. The van der Waals surface area contributed by atoms with Gasteiger partial charge in [-0.1, -0.05) is 71.9 Å². The zero-order chi connectivity index (χ0) is 46.0. The highest BCUT2D eigenvalue weighted by Gasteiger charge is 2.38. The molecule has 9 N–H and O–H groups in total. The zero-order valence-electron chi connectivity index (χ0n) is 35.7. The number of hydrogen-bond donors (Lipinski definition) is 8. The SMILES string of the molecule is CC(C)C[C@H](NC(=O)[C@H]1CNC(=O)[C@@H](NC(=O)OCc2ccccc2)[C@@H](C)OC(=O)C[C@H](NC(=O)[C@@H](NC(=O)CCC(=O)O)C(C)C)C(=O)N[C@@H](CC(C)C)C(=O)C1)C(N)=O. The minimum Gasteiger partial charge on any atom is -0.481 e. The summed E-state index contributed by atoms with van der Waals surface area (Å²) in [6.45, 7) is 10.8. The van der Waals surface area contributed by atoms with Gasteiger partial charge in [-0.25, -0.2) is 4.79 Å². The molecule has 1 heterocycles. The van der Waals surface area contributed by atoms with Crippen LogP contribution >= 0.6 is 0 Å². The summed E-state index contributed by atoms with van der Waals surface area (Å²) in [6, 6.07) is 1.47. The highest BCUT2D eigenvalue weighted by Crippen LogP contribution is 2.16. The number of esters is 1. The number of alkyl carbamates (subject to hydrolysis) is 1. The van der Waals surface area contributed by atoms with E-state index in [1.807, 2.05) is 0 Å². The Morgan fingerprint density at radius 3 is 2.11 bits per heavy atom. The number of cyclic esters (lactones) is 1. The largest absolute Gasteiger partial charge is 0.481 e. The molecule has 1 fully saturated rings. The van der Waals surface area contributed by atoms with Crippen molar-refractivity contribution in [2.45, 2.75) is 130 Å². The fourth-order valence-electron chi connectivity index (χ4n) is 6.25. The average molecular weight is 860 g/mol. The number of primary amides is 1. The van der Waals surface area contributed by atoms with Gasteiger partial charge in [0, 0.05) is 19.4 Å². The molecule has 1 aliphatic rings. The number of carbonyl (C=O) groups excluding carboxylic acids is 9. The number of hydrogen-bond acceptors (Lipinski definition) is 12. The summed E-state index contributed by atoms with van der Waals surface area (Å²) in [4.78, 5) is 132. The molecule has 0 saturated carbocycles. The Labute approximate surface area is 354 Å². The van der Waals surface area contributed by atoms with Crippen molar-refractivity contribution in [2.24, 2.45) is 29.4 Å². The standard InChI is InChI=1S/C41H61N7O13/c1-21(2)15-27-30(49)17-26(37(55)45-28(36(42)54)16-22(3)4)19-43-39(57)35(48-41(59)60-20-25-11-9-8-10-12-25)24(7)61-33(53)18-29(38(56)44-27)46-40(58)34(23(5)6)47-31(50)13-14-32(51)52/h8-12,21-24,26-29,34-35H,13-20H2,1-7H3,(H2,42,54)(H,43,57)(H,44,56)(H,45,55)(H,46,58)(H,47,50)(H,48,59)(H,51,52)/t24-,26-,27+,28+,29+,34+,35+/m1/s1. The molecule has 1 saturated heterocycles. The van der Waals surface area contributed by atoms with Crippen LogP contribution in [0.5, 0.6) is 0 Å². The normalized spacial score (nSPS) is 21.4. The second-order valence-corrected chi connectivity index (χ2v) is 16.2. The number of ether oxygens (including phenoxy) is 2. The van der Waals surface area contributed by atoms with Crippen LogP contribution in [0.15, 0.2) is 30.3 Å². The Kier molecular flexibility index (Phi) is 20.8. The molecular weight excluding hydrogens is 798 g/mol. The summed E-state index contributed by atoms with van der Waals surface area (Å²) in [6.07, 6.45) is -4.74. The molecule has 61 heavy (non-hydrogen) atoms. The molecule has 1 aromatic carbocycles. The van der Waals surface area contributed by atoms with Gasteiger partial charge < -0.3 is 52.2 Å². The third-order valence-electron chi connectivity index (χ3n) is 9.51. The lowest BCUT2D eigenvalue weighted by Gasteiger charge is -2.27. The number of nitrogens with two attached hydrogens (primary N) is 1. The molecule has 7 atom stereocenters. The molecule has 0 aromatic heterocycles. The van der Waals surface area contributed by atoms with E-state index in [9.17, 15) is 47.9 Å². The summed E-state index contributed by atoms with van der Waals surface area (Å²) in [5.41, 5.74) is 6.19. The summed E-state index contributed by atoms with van der Waals surface area (Å²) in [5.74, 6) is -10.6. The molecule has 0 radical (unpaired) electrons. The molecule has 2 rings (SSSR count). The Balaban J connectivity index is 2.59. The quantitative estimate of drug-likeness (QED) is 0.0982. The lowest BCUT2D eigenvalue weighted by atomic mass is 9.92. The molecule has 20 heteroatoms. The van der Waals surface area contributed by atoms with Gasteiger partial charge in [-0.15, -0.1) is 0 Å². The van der Waals surface area contributed by atoms with Crippen molar-refractivity contribution in [1.82, 2.24) is 31.9 Å². The molecule has 0 unspecified atom stereocenters. The van der Waals surface area contributed by atoms with Gasteiger partial charge in [-0.05, 0) is 43.1 Å². The summed E-state index contributed by atoms with van der Waals surface area (Å²) in [5, 5.41) is 23.9. The van der Waals surface area contributed by atoms with Crippen LogP contribution in [0.25, 0.3) is 0 Å². The number of carboxylic acid groups (broad SMARTS) is 1. The van der Waals surface area contributed by atoms with Crippen molar-refractivity contribution in [3.05, 3.63) is 35.9 Å². The minimum absolute atomic E-state index is 0.0377. The van der Waals surface area contributed by atoms with Crippen LogP contribution in [0.2, 0.25) is 0 Å². The van der Waals surface area contributed by atoms with Crippen LogP contribution in [0, 0.1) is 23.7 Å². The summed E-state index contributed by atoms with van der Waals surface area (Å²) >= 11 is 0. The molecular formula is C41H61N7O13. The van der Waals surface area contributed by atoms with Crippen LogP contribution in [-0.2, 0) is 59.2 Å². The fraction of sp³-hybridized carbons (Fsp3) is 0.610. The number of carboxylic acids is 1. The van der Waals surface area contributed by atoms with Gasteiger partial charge in [0.25, 0.3) is 0 Å². The molecule has 338 valence electrons. The van der Waals surface area contributed by atoms with E-state index in [0.29, 0.717) is 5.56 Å². The van der Waals surface area contributed by atoms with E-state index < -0.39 is 140 Å². The van der Waals surface area contributed by atoms with Crippen LogP contribution in [0.1, 0.15) is 92.6 Å². The van der Waals surface area contributed by atoms with Gasteiger partial charge in [0.15, 0.2) is 5.78 Å². The number of nitrogens with one attached hydrogen (secondary N) is 6. The lowest BCUT2D eigenvalue weighted by molar-refractivity contribution is -0.153. The van der Waals surface area contributed by atoms with Crippen LogP contribution in [0.4, 0.5) is 4.79 Å². The second kappa shape index (κ2) is 24.9. The van der Waals surface area contributed by atoms with E-state index >= 15 is 0 Å². The van der Waals surface area contributed by atoms with Gasteiger partial charge in [-0.2, -0.15) is 0 Å². The molecule has 0 spiro atoms. The fourth-order valence-corrected chi connectivity index (χ4v) is 6.25. The topological polar surface area (TPSA) is 308 Å². The highest BCUT2D eigenvalue weighted by atomic mass is 16.6. The summed E-state index contributed by atoms with van der Waals surface area (Å²) < 4.78 is 10.8. The van der Waals surface area contributed by atoms with E-state index in [2.05, 4.69) is 31.9 Å². The van der Waals surface area contributed by atoms with Gasteiger partial charge in [0.05, 0.1) is 24.8 Å². The Morgan fingerprint density at radius 1 is 0.885 bits per heavy atom. The van der Waals surface area contributed by atoms with E-state index in [1.165, 1.54) is 6.92 Å². The monoisotopic (exact) mass is 859 g/mol. The summed E-state index contributed by atoms with van der Waals surface area (Å²) in [7, 11) is 0. The number of benzene rings is 1. The van der Waals surface area contributed by atoms with E-state index in [-0.39, 0.29) is 31.3 Å². The van der Waals surface area contributed by atoms with E-state index in [1.54, 1.807) is 71.9 Å². The van der Waals surface area contributed by atoms with Crippen molar-refractivity contribution < 1.29 is 62.5 Å². The molecule has 20 nitrogen and oxygen atoms in total. The van der Waals surface area contributed by atoms with Crippen molar-refractivity contribution in [3.8, 4) is 0 Å². The molecule has 1 aliphatic heterocycles. The molecule has 7 amide bonds. The van der Waals surface area contributed by atoms with Crippen LogP contribution in [0.3, 0.4) is 0 Å². The predicted octanol–water partition coefficient (Wildman–Crippen LogP) is 0.346. The van der Waals surface area contributed by atoms with Crippen molar-refractivity contribution >= 4 is 59.3 Å². The maximum absolute atomic E-state index is 14.1. The number of amides is 7. The Hall–Kier alpha value is -6.08. The zero-order valence-corrected chi connectivity index (χ0v) is 35.7. The van der Waals surface area contributed by atoms with Crippen molar-refractivity contribution in [2.75, 3.05) is 6.54 Å². The smallest absolute Gasteiger partial charge is 0.408 e. The predicted molar refractivity (Wildman–Crippen MR) is 217 cm³/mol. The Bertz CT molecular complexity index is 1740. The van der Waals surface area contributed by atoms with Gasteiger partial charge >= 0.3 is 18.0 Å². The van der Waals surface area contributed by atoms with Crippen LogP contribution < -0.4 is 37.6 Å². The Morgan fingerprint density at radius 2 is 1.54 bits per heavy atom. The number of rotatable bonds is 17. The molecule has 0 aliphatic carbocycles. The first-order valence-electron chi connectivity index (χ1n) is 20.3. The minimum atomic E-state index is -1.74. The third kappa shape index (κ3) is 18.4. The van der Waals surface area contributed by atoms with Crippen molar-refractivity contribution in [1.29, 1.82) is 0 Å².